The Morgan fingerprint density at radius 2 is 1.80 bits per heavy atom. The van der Waals surface area contributed by atoms with Gasteiger partial charge >= 0.3 is 0 Å². The molecule has 1 atom stereocenters. The summed E-state index contributed by atoms with van der Waals surface area (Å²) in [5.74, 6) is 0.307. The lowest BCUT2D eigenvalue weighted by Crippen LogP contribution is -2.30. The van der Waals surface area contributed by atoms with E-state index >= 15 is 0 Å². The smallest absolute Gasteiger partial charge is 0.115 e. The van der Waals surface area contributed by atoms with Crippen molar-refractivity contribution in [2.45, 2.75) is 12.5 Å². The zero-order chi connectivity index (χ0) is 13.5. The normalized spacial score (nSPS) is 18.1. The summed E-state index contributed by atoms with van der Waals surface area (Å²) in [6.45, 7) is 0.973. The quantitative estimate of drug-likeness (QED) is 0.632. The van der Waals surface area contributed by atoms with Crippen LogP contribution in [0.2, 0.25) is 0 Å². The average Bonchev–Trinajstić information content (AvgIpc) is 2.87. The first-order valence-electron chi connectivity index (χ1n) is 6.95. The van der Waals surface area contributed by atoms with Gasteiger partial charge in [0.1, 0.15) is 5.75 Å². The molecule has 3 heteroatoms. The maximum atomic E-state index is 9.44. The van der Waals surface area contributed by atoms with E-state index in [1.807, 2.05) is 12.1 Å². The standard InChI is InChI=1S/C17H16N2O/c20-12-7-5-11(6-8-12)16-17-14(9-10-18-16)13-3-1-2-4-15(13)19-17/h1-8,16,18-20H,9-10H2/t16-/m0/s1. The van der Waals surface area contributed by atoms with Crippen LogP contribution >= 0.6 is 0 Å². The number of hydrogen-bond donors (Lipinski definition) is 3. The summed E-state index contributed by atoms with van der Waals surface area (Å²) in [5, 5.41) is 14.3. The fourth-order valence-corrected chi connectivity index (χ4v) is 3.13. The summed E-state index contributed by atoms with van der Waals surface area (Å²) in [6.07, 6.45) is 1.05. The van der Waals surface area contributed by atoms with Crippen molar-refractivity contribution in [1.82, 2.24) is 10.3 Å². The largest absolute Gasteiger partial charge is 0.508 e. The van der Waals surface area contributed by atoms with Crippen LogP contribution in [0, 0.1) is 0 Å². The SMILES string of the molecule is Oc1ccc([C@@H]2NCCc3c2[nH]c2ccccc32)cc1. The van der Waals surface area contributed by atoms with E-state index < -0.39 is 0 Å². The van der Waals surface area contributed by atoms with Gasteiger partial charge in [0.25, 0.3) is 0 Å². The third-order valence-electron chi connectivity index (χ3n) is 4.09. The fourth-order valence-electron chi connectivity index (χ4n) is 3.13. The zero-order valence-corrected chi connectivity index (χ0v) is 11.1. The molecule has 3 nitrogen and oxygen atoms in total. The average molecular weight is 264 g/mol. The number of para-hydroxylation sites is 1. The predicted octanol–water partition coefficient (Wildman–Crippen LogP) is 3.11. The van der Waals surface area contributed by atoms with Crippen molar-refractivity contribution >= 4 is 10.9 Å². The second kappa shape index (κ2) is 4.39. The number of aromatic amines is 1. The Bertz CT molecular complexity index is 758. The molecule has 0 amide bonds. The van der Waals surface area contributed by atoms with Gasteiger partial charge in [-0.15, -0.1) is 0 Å². The molecule has 20 heavy (non-hydrogen) atoms. The lowest BCUT2D eigenvalue weighted by Gasteiger charge is -2.24. The van der Waals surface area contributed by atoms with Crippen LogP contribution in [0.5, 0.6) is 5.75 Å². The highest BCUT2D eigenvalue weighted by atomic mass is 16.3. The minimum atomic E-state index is 0.173. The van der Waals surface area contributed by atoms with Crippen molar-refractivity contribution in [2.75, 3.05) is 6.54 Å². The summed E-state index contributed by atoms with van der Waals surface area (Å²) >= 11 is 0. The third kappa shape index (κ3) is 1.71. The number of aromatic nitrogens is 1. The second-order valence-electron chi connectivity index (χ2n) is 5.29. The van der Waals surface area contributed by atoms with Crippen LogP contribution in [0.3, 0.4) is 0 Å². The van der Waals surface area contributed by atoms with Gasteiger partial charge in [0, 0.05) is 23.1 Å². The van der Waals surface area contributed by atoms with Crippen LogP contribution in [0.4, 0.5) is 0 Å². The van der Waals surface area contributed by atoms with E-state index in [0.717, 1.165) is 13.0 Å². The Labute approximate surface area is 117 Å². The molecule has 0 fully saturated rings. The highest BCUT2D eigenvalue weighted by Gasteiger charge is 2.24. The van der Waals surface area contributed by atoms with Crippen molar-refractivity contribution in [2.24, 2.45) is 0 Å². The number of phenolic OH excluding ortho intramolecular Hbond substituents is 1. The number of fused-ring (bicyclic) bond motifs is 3. The first-order chi connectivity index (χ1) is 9.83. The molecular formula is C17H16N2O. The van der Waals surface area contributed by atoms with E-state index in [1.54, 1.807) is 12.1 Å². The summed E-state index contributed by atoms with van der Waals surface area (Å²) < 4.78 is 0. The highest BCUT2D eigenvalue weighted by Crippen LogP contribution is 2.33. The van der Waals surface area contributed by atoms with Crippen LogP contribution in [0.15, 0.2) is 48.5 Å². The molecule has 0 saturated heterocycles. The molecule has 1 aliphatic rings. The predicted molar refractivity (Wildman–Crippen MR) is 80.0 cm³/mol. The van der Waals surface area contributed by atoms with Gasteiger partial charge in [0.15, 0.2) is 0 Å². The highest BCUT2D eigenvalue weighted by molar-refractivity contribution is 5.85. The fraction of sp³-hybridized carbons (Fsp3) is 0.176. The van der Waals surface area contributed by atoms with E-state index in [0.29, 0.717) is 5.75 Å². The van der Waals surface area contributed by atoms with Crippen molar-refractivity contribution in [3.8, 4) is 5.75 Å². The molecule has 0 radical (unpaired) electrons. The maximum Gasteiger partial charge on any atom is 0.115 e. The number of phenols is 1. The molecule has 1 aromatic heterocycles. The molecule has 4 rings (SSSR count). The molecule has 0 unspecified atom stereocenters. The first kappa shape index (κ1) is 11.6. The summed E-state index contributed by atoms with van der Waals surface area (Å²) in [7, 11) is 0. The van der Waals surface area contributed by atoms with Crippen molar-refractivity contribution in [3.63, 3.8) is 0 Å². The van der Waals surface area contributed by atoms with Gasteiger partial charge in [0.05, 0.1) is 6.04 Å². The summed E-state index contributed by atoms with van der Waals surface area (Å²) in [4.78, 5) is 3.55. The van der Waals surface area contributed by atoms with Gasteiger partial charge in [0.2, 0.25) is 0 Å². The van der Waals surface area contributed by atoms with Crippen LogP contribution in [0.1, 0.15) is 22.9 Å². The molecule has 3 N–H and O–H groups in total. The lowest BCUT2D eigenvalue weighted by atomic mass is 9.94. The number of hydrogen-bond acceptors (Lipinski definition) is 2. The van der Waals surface area contributed by atoms with Crippen molar-refractivity contribution < 1.29 is 5.11 Å². The Hall–Kier alpha value is -2.26. The number of aromatic hydroxyl groups is 1. The minimum Gasteiger partial charge on any atom is -0.508 e. The Morgan fingerprint density at radius 1 is 1.00 bits per heavy atom. The molecule has 1 aliphatic heterocycles. The third-order valence-corrected chi connectivity index (χ3v) is 4.09. The molecule has 3 aromatic rings. The monoisotopic (exact) mass is 264 g/mol. The van der Waals surface area contributed by atoms with Gasteiger partial charge in [-0.2, -0.15) is 0 Å². The number of H-pyrrole nitrogens is 1. The van der Waals surface area contributed by atoms with Crippen molar-refractivity contribution in [1.29, 1.82) is 0 Å². The first-order valence-corrected chi connectivity index (χ1v) is 6.95. The minimum absolute atomic E-state index is 0.173. The van der Waals surface area contributed by atoms with Gasteiger partial charge in [-0.3, -0.25) is 0 Å². The summed E-state index contributed by atoms with van der Waals surface area (Å²) in [6, 6.07) is 16.1. The van der Waals surface area contributed by atoms with Crippen LogP contribution in [-0.2, 0) is 6.42 Å². The Kier molecular flexibility index (Phi) is 2.54. The van der Waals surface area contributed by atoms with Gasteiger partial charge in [-0.1, -0.05) is 30.3 Å². The Morgan fingerprint density at radius 3 is 2.65 bits per heavy atom. The Balaban J connectivity index is 1.87. The van der Waals surface area contributed by atoms with E-state index in [2.05, 4.69) is 34.6 Å². The molecule has 0 spiro atoms. The molecule has 2 aromatic carbocycles. The van der Waals surface area contributed by atoms with Crippen LogP contribution in [-0.4, -0.2) is 16.6 Å². The van der Waals surface area contributed by atoms with Crippen molar-refractivity contribution in [3.05, 3.63) is 65.4 Å². The van der Waals surface area contributed by atoms with Crippen LogP contribution in [0.25, 0.3) is 10.9 Å². The topological polar surface area (TPSA) is 48.0 Å². The zero-order valence-electron chi connectivity index (χ0n) is 11.1. The number of benzene rings is 2. The molecule has 0 saturated carbocycles. The number of nitrogens with one attached hydrogen (secondary N) is 2. The molecule has 0 aliphatic carbocycles. The molecular weight excluding hydrogens is 248 g/mol. The summed E-state index contributed by atoms with van der Waals surface area (Å²) in [5.41, 5.74) is 5.04. The van der Waals surface area contributed by atoms with Crippen LogP contribution < -0.4 is 5.32 Å². The second-order valence-corrected chi connectivity index (χ2v) is 5.29. The van der Waals surface area contributed by atoms with E-state index in [9.17, 15) is 5.11 Å². The lowest BCUT2D eigenvalue weighted by molar-refractivity contribution is 0.474. The van der Waals surface area contributed by atoms with E-state index in [4.69, 9.17) is 0 Å². The molecule has 2 heterocycles. The van der Waals surface area contributed by atoms with Gasteiger partial charge < -0.3 is 15.4 Å². The molecule has 100 valence electrons. The maximum absolute atomic E-state index is 9.44. The van der Waals surface area contributed by atoms with Gasteiger partial charge in [-0.25, -0.2) is 0 Å². The van der Waals surface area contributed by atoms with Gasteiger partial charge in [-0.05, 0) is 35.7 Å². The van der Waals surface area contributed by atoms with E-state index in [1.165, 1.54) is 27.7 Å². The van der Waals surface area contributed by atoms with E-state index in [-0.39, 0.29) is 6.04 Å². The molecule has 0 bridgehead atoms. The number of rotatable bonds is 1.